The highest BCUT2D eigenvalue weighted by molar-refractivity contribution is 9.10. The van der Waals surface area contributed by atoms with Gasteiger partial charge in [-0.3, -0.25) is 0 Å². The lowest BCUT2D eigenvalue weighted by atomic mass is 10.1. The molecule has 0 heterocycles. The molecule has 2 rings (SSSR count). The maximum atomic E-state index is 9.45. The average Bonchev–Trinajstić information content (AvgIpc) is 2.40. The highest BCUT2D eigenvalue weighted by Gasteiger charge is 2.05. The van der Waals surface area contributed by atoms with Crippen LogP contribution in [0.3, 0.4) is 0 Å². The van der Waals surface area contributed by atoms with Crippen LogP contribution in [0.5, 0.6) is 5.75 Å². The lowest BCUT2D eigenvalue weighted by Gasteiger charge is -2.14. The number of halogens is 2. The minimum Gasteiger partial charge on any atom is -0.507 e. The topological polar surface area (TPSA) is 32.3 Å². The van der Waals surface area contributed by atoms with Gasteiger partial charge in [-0.05, 0) is 58.2 Å². The molecule has 0 aliphatic heterocycles. The van der Waals surface area contributed by atoms with Crippen LogP contribution < -0.4 is 5.32 Å². The first-order valence-electron chi connectivity index (χ1n) is 6.02. The van der Waals surface area contributed by atoms with Gasteiger partial charge in [-0.15, -0.1) is 0 Å². The molecular formula is C15H15Br2NO. The van der Waals surface area contributed by atoms with E-state index in [9.17, 15) is 5.11 Å². The van der Waals surface area contributed by atoms with E-state index >= 15 is 0 Å². The van der Waals surface area contributed by atoms with E-state index in [1.54, 1.807) is 6.07 Å². The van der Waals surface area contributed by atoms with E-state index < -0.39 is 0 Å². The number of rotatable bonds is 4. The summed E-state index contributed by atoms with van der Waals surface area (Å²) in [6.07, 6.45) is 0. The van der Waals surface area contributed by atoms with E-state index in [4.69, 9.17) is 0 Å². The summed E-state index contributed by atoms with van der Waals surface area (Å²) >= 11 is 6.76. The summed E-state index contributed by atoms with van der Waals surface area (Å²) in [5.74, 6) is 0.268. The van der Waals surface area contributed by atoms with E-state index in [-0.39, 0.29) is 11.8 Å². The maximum Gasteiger partial charge on any atom is 0.129 e. The van der Waals surface area contributed by atoms with E-state index in [1.807, 2.05) is 24.3 Å². The zero-order valence-corrected chi connectivity index (χ0v) is 13.7. The Morgan fingerprint density at radius 1 is 1.11 bits per heavy atom. The fraction of sp³-hybridized carbons (Fsp3) is 0.200. The van der Waals surface area contributed by atoms with Crippen LogP contribution in [0.4, 0.5) is 0 Å². The maximum absolute atomic E-state index is 9.45. The third-order valence-corrected chi connectivity index (χ3v) is 4.16. The molecule has 0 fully saturated rings. The first kappa shape index (κ1) is 14.6. The Kier molecular flexibility index (Phi) is 5.02. The van der Waals surface area contributed by atoms with E-state index in [1.165, 1.54) is 5.56 Å². The fourth-order valence-corrected chi connectivity index (χ4v) is 2.49. The molecule has 19 heavy (non-hydrogen) atoms. The molecule has 4 heteroatoms. The van der Waals surface area contributed by atoms with Crippen LogP contribution in [-0.2, 0) is 6.54 Å². The molecule has 0 aliphatic rings. The summed E-state index contributed by atoms with van der Waals surface area (Å²) in [4.78, 5) is 0. The molecule has 100 valence electrons. The lowest BCUT2D eigenvalue weighted by molar-refractivity contribution is 0.471. The summed E-state index contributed by atoms with van der Waals surface area (Å²) in [6.45, 7) is 2.90. The number of aromatic hydroxyl groups is 1. The molecule has 2 N–H and O–H groups in total. The molecular weight excluding hydrogens is 370 g/mol. The highest BCUT2D eigenvalue weighted by Crippen LogP contribution is 2.24. The van der Waals surface area contributed by atoms with Crippen LogP contribution in [0.25, 0.3) is 0 Å². The molecule has 2 aromatic carbocycles. The third-order valence-electron chi connectivity index (χ3n) is 2.99. The predicted molar refractivity (Wildman–Crippen MR) is 85.2 cm³/mol. The second-order valence-corrected chi connectivity index (χ2v) is 6.21. The average molecular weight is 385 g/mol. The SMILES string of the molecule is CC(NCc1ccc(O)c(Br)c1)c1ccc(Br)cc1. The van der Waals surface area contributed by atoms with Gasteiger partial charge in [0.1, 0.15) is 5.75 Å². The minimum atomic E-state index is 0.268. The number of hydrogen-bond acceptors (Lipinski definition) is 2. The molecule has 0 amide bonds. The molecule has 1 unspecified atom stereocenters. The molecule has 0 aromatic heterocycles. The predicted octanol–water partition coefficient (Wildman–Crippen LogP) is 4.77. The Balaban J connectivity index is 1.98. The zero-order valence-electron chi connectivity index (χ0n) is 10.5. The minimum absolute atomic E-state index is 0.268. The first-order valence-corrected chi connectivity index (χ1v) is 7.61. The van der Waals surface area contributed by atoms with Crippen LogP contribution in [-0.4, -0.2) is 5.11 Å². The standard InChI is InChI=1S/C15H15Br2NO/c1-10(12-3-5-13(16)6-4-12)18-9-11-2-7-15(19)14(17)8-11/h2-8,10,18-19H,9H2,1H3. The Labute approximate surface area is 130 Å². The number of hydrogen-bond donors (Lipinski definition) is 2. The van der Waals surface area contributed by atoms with Crippen molar-refractivity contribution in [3.05, 3.63) is 62.5 Å². The van der Waals surface area contributed by atoms with Gasteiger partial charge in [0.15, 0.2) is 0 Å². The van der Waals surface area contributed by atoms with Crippen molar-refractivity contribution in [1.29, 1.82) is 0 Å². The van der Waals surface area contributed by atoms with Crippen molar-refractivity contribution < 1.29 is 5.11 Å². The van der Waals surface area contributed by atoms with Gasteiger partial charge in [-0.1, -0.05) is 34.1 Å². The Bertz CT molecular complexity index is 555. The number of nitrogens with one attached hydrogen (secondary N) is 1. The Hall–Kier alpha value is -0.840. The number of phenols is 1. The van der Waals surface area contributed by atoms with Crippen molar-refractivity contribution >= 4 is 31.9 Å². The second kappa shape index (κ2) is 6.55. The van der Waals surface area contributed by atoms with Crippen LogP contribution >= 0.6 is 31.9 Å². The van der Waals surface area contributed by atoms with E-state index in [0.717, 1.165) is 21.1 Å². The quantitative estimate of drug-likeness (QED) is 0.795. The van der Waals surface area contributed by atoms with Crippen molar-refractivity contribution in [3.63, 3.8) is 0 Å². The van der Waals surface area contributed by atoms with Crippen molar-refractivity contribution in [3.8, 4) is 5.75 Å². The van der Waals surface area contributed by atoms with Crippen LogP contribution in [0.1, 0.15) is 24.1 Å². The molecule has 0 spiro atoms. The molecule has 2 nitrogen and oxygen atoms in total. The largest absolute Gasteiger partial charge is 0.507 e. The second-order valence-electron chi connectivity index (χ2n) is 4.44. The van der Waals surface area contributed by atoms with Gasteiger partial charge in [-0.2, -0.15) is 0 Å². The first-order chi connectivity index (χ1) is 9.06. The lowest BCUT2D eigenvalue weighted by Crippen LogP contribution is -2.17. The molecule has 0 radical (unpaired) electrons. The summed E-state index contributed by atoms with van der Waals surface area (Å²) < 4.78 is 1.81. The van der Waals surface area contributed by atoms with E-state index in [2.05, 4.69) is 56.2 Å². The third kappa shape index (κ3) is 4.06. The molecule has 0 aliphatic carbocycles. The van der Waals surface area contributed by atoms with Crippen LogP contribution in [0.15, 0.2) is 51.4 Å². The van der Waals surface area contributed by atoms with Crippen molar-refractivity contribution in [1.82, 2.24) is 5.32 Å². The fourth-order valence-electron chi connectivity index (χ4n) is 1.80. The summed E-state index contributed by atoms with van der Waals surface area (Å²) in [5, 5.41) is 12.9. The van der Waals surface area contributed by atoms with E-state index in [0.29, 0.717) is 0 Å². The summed E-state index contributed by atoms with van der Waals surface area (Å²) in [7, 11) is 0. The van der Waals surface area contributed by atoms with Gasteiger partial charge in [0.05, 0.1) is 4.47 Å². The number of benzene rings is 2. The monoisotopic (exact) mass is 383 g/mol. The zero-order chi connectivity index (χ0) is 13.8. The highest BCUT2D eigenvalue weighted by atomic mass is 79.9. The van der Waals surface area contributed by atoms with Crippen molar-refractivity contribution in [2.24, 2.45) is 0 Å². The molecule has 2 aromatic rings. The van der Waals surface area contributed by atoms with Gasteiger partial charge in [0.2, 0.25) is 0 Å². The van der Waals surface area contributed by atoms with Crippen LogP contribution in [0, 0.1) is 0 Å². The molecule has 0 saturated carbocycles. The van der Waals surface area contributed by atoms with Crippen molar-refractivity contribution in [2.75, 3.05) is 0 Å². The summed E-state index contributed by atoms with van der Waals surface area (Å²) in [6, 6.07) is 14.1. The Morgan fingerprint density at radius 3 is 2.42 bits per heavy atom. The van der Waals surface area contributed by atoms with Crippen LogP contribution in [0.2, 0.25) is 0 Å². The van der Waals surface area contributed by atoms with Gasteiger partial charge >= 0.3 is 0 Å². The van der Waals surface area contributed by atoms with Gasteiger partial charge in [-0.25, -0.2) is 0 Å². The normalized spacial score (nSPS) is 12.4. The molecule has 1 atom stereocenters. The van der Waals surface area contributed by atoms with Crippen molar-refractivity contribution in [2.45, 2.75) is 19.5 Å². The smallest absolute Gasteiger partial charge is 0.129 e. The molecule has 0 saturated heterocycles. The Morgan fingerprint density at radius 2 is 1.79 bits per heavy atom. The summed E-state index contributed by atoms with van der Waals surface area (Å²) in [5.41, 5.74) is 2.38. The molecule has 0 bridgehead atoms. The van der Waals surface area contributed by atoms with Gasteiger partial charge in [0.25, 0.3) is 0 Å². The van der Waals surface area contributed by atoms with Gasteiger partial charge in [0, 0.05) is 17.1 Å². The number of phenolic OH excluding ortho intramolecular Hbond substituents is 1. The van der Waals surface area contributed by atoms with Gasteiger partial charge < -0.3 is 10.4 Å².